The minimum atomic E-state index is -0.773. The number of alkyl halides is 1. The third-order valence-corrected chi connectivity index (χ3v) is 8.98. The second-order valence-electron chi connectivity index (χ2n) is 11.5. The van der Waals surface area contributed by atoms with E-state index in [9.17, 15) is 9.18 Å². The van der Waals surface area contributed by atoms with E-state index in [1.54, 1.807) is 13.2 Å². The average Bonchev–Trinajstić information content (AvgIpc) is 3.56. The number of hydrogen-bond donors (Lipinski definition) is 1. The molecule has 224 valence electrons. The maximum Gasteiger partial charge on any atom is 0.291 e. The molecular weight excluding hydrogens is 567 g/mol. The smallest absolute Gasteiger partial charge is 0.291 e. The van der Waals surface area contributed by atoms with Crippen LogP contribution in [-0.4, -0.2) is 70.2 Å². The molecule has 1 saturated heterocycles. The maximum absolute atomic E-state index is 13.7. The Kier molecular flexibility index (Phi) is 8.22. The van der Waals surface area contributed by atoms with Gasteiger partial charge in [-0.25, -0.2) is 9.37 Å². The van der Waals surface area contributed by atoms with Gasteiger partial charge in [0.25, 0.3) is 5.91 Å². The van der Waals surface area contributed by atoms with Gasteiger partial charge in [0.05, 0.1) is 29.2 Å². The first-order chi connectivity index (χ1) is 20.7. The summed E-state index contributed by atoms with van der Waals surface area (Å²) in [4.78, 5) is 27.0. The Hall–Kier alpha value is -3.79. The van der Waals surface area contributed by atoms with E-state index in [1.807, 2.05) is 61.1 Å². The maximum atomic E-state index is 13.7. The molecule has 0 unspecified atom stereocenters. The zero-order valence-electron chi connectivity index (χ0n) is 25.0. The molecular formula is C33H36ClFN6O2. The van der Waals surface area contributed by atoms with Gasteiger partial charge in [0.15, 0.2) is 5.82 Å². The molecule has 4 heterocycles. The molecule has 1 N–H and O–H groups in total. The van der Waals surface area contributed by atoms with E-state index < -0.39 is 6.17 Å². The van der Waals surface area contributed by atoms with Crippen LogP contribution in [0.15, 0.2) is 48.7 Å². The van der Waals surface area contributed by atoms with Crippen LogP contribution in [0.25, 0.3) is 22.4 Å². The fraction of sp³-hybridized carbons (Fsp3) is 0.364. The first kappa shape index (κ1) is 29.3. The van der Waals surface area contributed by atoms with Gasteiger partial charge in [0, 0.05) is 80.8 Å². The SMILES string of the molecule is COc1cc(-c2cccc(-c3cccc(NC(=O)c4nc5c(n4C)CCN(C)C5)c3Cl)c2C)ncc1CN1CC[C@@H](F)C1. The van der Waals surface area contributed by atoms with Gasteiger partial charge in [-0.2, -0.15) is 0 Å². The molecule has 4 aromatic rings. The van der Waals surface area contributed by atoms with Crippen molar-refractivity contribution in [2.24, 2.45) is 7.05 Å². The van der Waals surface area contributed by atoms with Crippen molar-refractivity contribution in [2.45, 2.75) is 39.0 Å². The Balaban J connectivity index is 1.27. The summed E-state index contributed by atoms with van der Waals surface area (Å²) in [5, 5.41) is 3.44. The van der Waals surface area contributed by atoms with Crippen molar-refractivity contribution in [2.75, 3.05) is 39.1 Å². The standard InChI is InChI=1S/C33H36ClFN6O2/c1-20-23(7-5-8-24(20)27-15-30(43-4)21(16-36-27)17-41-14-11-22(35)18-41)25-9-6-10-26(31(25)34)38-33(42)32-37-28-19-39(2)13-12-29(28)40(32)3/h5-10,15-16,22H,11-14,17-19H2,1-4H3,(H,38,42)/t22-/m1/s1. The highest BCUT2D eigenvalue weighted by atomic mass is 35.5. The van der Waals surface area contributed by atoms with Crippen LogP contribution >= 0.6 is 11.6 Å². The number of nitrogens with one attached hydrogen (secondary N) is 1. The number of aromatic nitrogens is 3. The van der Waals surface area contributed by atoms with Gasteiger partial charge in [0.2, 0.25) is 0 Å². The molecule has 0 aliphatic carbocycles. The van der Waals surface area contributed by atoms with Crippen LogP contribution in [-0.2, 0) is 26.6 Å². The highest BCUT2D eigenvalue weighted by Gasteiger charge is 2.25. The number of rotatable bonds is 7. The van der Waals surface area contributed by atoms with Crippen LogP contribution in [0.4, 0.5) is 10.1 Å². The molecule has 2 aliphatic rings. The van der Waals surface area contributed by atoms with Crippen LogP contribution < -0.4 is 10.1 Å². The molecule has 6 rings (SSSR count). The molecule has 0 radical (unpaired) electrons. The lowest BCUT2D eigenvalue weighted by molar-refractivity contribution is 0.101. The monoisotopic (exact) mass is 602 g/mol. The topological polar surface area (TPSA) is 75.5 Å². The number of imidazole rings is 1. The van der Waals surface area contributed by atoms with E-state index >= 15 is 0 Å². The quantitative estimate of drug-likeness (QED) is 0.284. The van der Waals surface area contributed by atoms with Gasteiger partial charge >= 0.3 is 0 Å². The van der Waals surface area contributed by atoms with Crippen LogP contribution in [0.3, 0.4) is 0 Å². The van der Waals surface area contributed by atoms with Crippen molar-refractivity contribution >= 4 is 23.2 Å². The first-order valence-corrected chi connectivity index (χ1v) is 14.9. The summed E-state index contributed by atoms with van der Waals surface area (Å²) < 4.78 is 21.3. The number of pyridine rings is 1. The number of carbonyl (C=O) groups is 1. The lowest BCUT2D eigenvalue weighted by Gasteiger charge is -2.21. The Morgan fingerprint density at radius 1 is 1.14 bits per heavy atom. The third-order valence-electron chi connectivity index (χ3n) is 8.57. The summed E-state index contributed by atoms with van der Waals surface area (Å²) in [6.45, 7) is 5.47. The molecule has 0 saturated carbocycles. The van der Waals surface area contributed by atoms with Crippen molar-refractivity contribution in [1.29, 1.82) is 0 Å². The van der Waals surface area contributed by atoms with E-state index in [2.05, 4.69) is 27.1 Å². The molecule has 2 aromatic carbocycles. The van der Waals surface area contributed by atoms with Crippen molar-refractivity contribution < 1.29 is 13.9 Å². The van der Waals surface area contributed by atoms with E-state index in [4.69, 9.17) is 21.3 Å². The minimum Gasteiger partial charge on any atom is -0.496 e. The zero-order valence-corrected chi connectivity index (χ0v) is 25.7. The molecule has 2 aliphatic heterocycles. The number of likely N-dealkylation sites (tertiary alicyclic amines) is 1. The molecule has 1 fully saturated rings. The molecule has 43 heavy (non-hydrogen) atoms. The third kappa shape index (κ3) is 5.77. The first-order valence-electron chi connectivity index (χ1n) is 14.6. The number of halogens is 2. The Bertz CT molecular complexity index is 1690. The highest BCUT2D eigenvalue weighted by Crippen LogP contribution is 2.39. The van der Waals surface area contributed by atoms with Crippen LogP contribution in [0, 0.1) is 6.92 Å². The lowest BCUT2D eigenvalue weighted by atomic mass is 9.94. The van der Waals surface area contributed by atoms with Crippen LogP contribution in [0.5, 0.6) is 5.75 Å². The summed E-state index contributed by atoms with van der Waals surface area (Å²) >= 11 is 6.95. The summed E-state index contributed by atoms with van der Waals surface area (Å²) in [6, 6.07) is 13.6. The summed E-state index contributed by atoms with van der Waals surface area (Å²) in [6.07, 6.45) is 2.47. The summed E-state index contributed by atoms with van der Waals surface area (Å²) in [7, 11) is 5.59. The van der Waals surface area contributed by atoms with E-state index in [0.717, 1.165) is 76.7 Å². The largest absolute Gasteiger partial charge is 0.496 e. The number of amides is 1. The number of ether oxygens (including phenoxy) is 1. The molecule has 2 aromatic heterocycles. The average molecular weight is 603 g/mol. The molecule has 1 amide bonds. The number of nitrogens with zero attached hydrogens (tertiary/aromatic N) is 5. The highest BCUT2D eigenvalue weighted by molar-refractivity contribution is 6.36. The number of fused-ring (bicyclic) bond motifs is 1. The number of anilines is 1. The summed E-state index contributed by atoms with van der Waals surface area (Å²) in [5.41, 5.74) is 7.94. The second kappa shape index (κ2) is 12.1. The van der Waals surface area contributed by atoms with Crippen molar-refractivity contribution in [3.05, 3.63) is 82.0 Å². The summed E-state index contributed by atoms with van der Waals surface area (Å²) in [5.74, 6) is 0.802. The zero-order chi connectivity index (χ0) is 30.2. The van der Waals surface area contributed by atoms with Gasteiger partial charge in [-0.15, -0.1) is 0 Å². The normalized spacial score (nSPS) is 17.2. The van der Waals surface area contributed by atoms with E-state index in [0.29, 0.717) is 36.0 Å². The number of hydrogen-bond acceptors (Lipinski definition) is 6. The van der Waals surface area contributed by atoms with Crippen molar-refractivity contribution in [3.8, 4) is 28.1 Å². The second-order valence-corrected chi connectivity index (χ2v) is 11.9. The van der Waals surface area contributed by atoms with Gasteiger partial charge in [-0.3, -0.25) is 14.7 Å². The predicted molar refractivity (Wildman–Crippen MR) is 167 cm³/mol. The van der Waals surface area contributed by atoms with Crippen LogP contribution in [0.2, 0.25) is 5.02 Å². The number of methoxy groups -OCH3 is 1. The van der Waals surface area contributed by atoms with Crippen molar-refractivity contribution in [1.82, 2.24) is 24.3 Å². The molecule has 1 atom stereocenters. The fourth-order valence-corrected chi connectivity index (χ4v) is 6.45. The van der Waals surface area contributed by atoms with Gasteiger partial charge in [0.1, 0.15) is 11.9 Å². The molecule has 8 nitrogen and oxygen atoms in total. The minimum absolute atomic E-state index is 0.295. The molecule has 0 spiro atoms. The van der Waals surface area contributed by atoms with Gasteiger partial charge < -0.3 is 19.5 Å². The Morgan fingerprint density at radius 2 is 1.91 bits per heavy atom. The van der Waals surface area contributed by atoms with Gasteiger partial charge in [-0.1, -0.05) is 41.9 Å². The predicted octanol–water partition coefficient (Wildman–Crippen LogP) is 5.90. The molecule has 0 bridgehead atoms. The van der Waals surface area contributed by atoms with Crippen LogP contribution in [0.1, 0.15) is 39.6 Å². The van der Waals surface area contributed by atoms with Gasteiger partial charge in [-0.05, 0) is 37.6 Å². The number of likely N-dealkylation sites (N-methyl/N-ethyl adjacent to an activating group) is 1. The van der Waals surface area contributed by atoms with Crippen molar-refractivity contribution in [3.63, 3.8) is 0 Å². The lowest BCUT2D eigenvalue weighted by Crippen LogP contribution is -2.27. The number of benzene rings is 2. The Morgan fingerprint density at radius 3 is 2.67 bits per heavy atom. The molecule has 10 heteroatoms. The fourth-order valence-electron chi connectivity index (χ4n) is 6.17. The van der Waals surface area contributed by atoms with E-state index in [-0.39, 0.29) is 5.91 Å². The van der Waals surface area contributed by atoms with E-state index in [1.165, 1.54) is 0 Å². The number of carbonyl (C=O) groups excluding carboxylic acids is 1. The Labute approximate surface area is 256 Å².